The highest BCUT2D eigenvalue weighted by Gasteiger charge is 2.34. The molecule has 4 rings (SSSR count). The zero-order chi connectivity index (χ0) is 28.8. The summed E-state index contributed by atoms with van der Waals surface area (Å²) in [5.74, 6) is -0.537. The van der Waals surface area contributed by atoms with Gasteiger partial charge in [-0.25, -0.2) is 0 Å². The number of hydrogen-bond donors (Lipinski definition) is 2. The molecule has 0 spiro atoms. The SMILES string of the molecule is CCOc1cc(/C=C2\SC(=S)N(NC(=O)c3ccc(C)cc3Cl)C2=O)ccc1OCC(=O)Nc1ccc(C)cc1. The molecule has 11 heteroatoms. The van der Waals surface area contributed by atoms with Gasteiger partial charge in [0.05, 0.1) is 22.1 Å². The Morgan fingerprint density at radius 1 is 1.00 bits per heavy atom. The van der Waals surface area contributed by atoms with Crippen LogP contribution < -0.4 is 20.2 Å². The summed E-state index contributed by atoms with van der Waals surface area (Å²) >= 11 is 12.6. The van der Waals surface area contributed by atoms with Crippen molar-refractivity contribution in [3.05, 3.63) is 92.8 Å². The number of carbonyl (C=O) groups excluding carboxylic acids is 3. The van der Waals surface area contributed by atoms with Gasteiger partial charge in [0.2, 0.25) is 0 Å². The van der Waals surface area contributed by atoms with E-state index in [2.05, 4.69) is 10.7 Å². The number of benzene rings is 3. The predicted octanol–water partition coefficient (Wildman–Crippen LogP) is 5.92. The van der Waals surface area contributed by atoms with E-state index >= 15 is 0 Å². The number of hydrogen-bond acceptors (Lipinski definition) is 7. The van der Waals surface area contributed by atoms with Crippen LogP contribution in [0.4, 0.5) is 5.69 Å². The molecule has 2 N–H and O–H groups in total. The molecule has 206 valence electrons. The summed E-state index contributed by atoms with van der Waals surface area (Å²) in [5, 5.41) is 4.08. The van der Waals surface area contributed by atoms with E-state index in [1.54, 1.807) is 42.5 Å². The molecule has 3 amide bonds. The third-order valence-corrected chi connectivity index (χ3v) is 7.25. The Kier molecular flexibility index (Phi) is 9.46. The first-order chi connectivity index (χ1) is 19.1. The number of thioether (sulfide) groups is 1. The molecule has 0 aromatic heterocycles. The van der Waals surface area contributed by atoms with Crippen LogP contribution in [0.15, 0.2) is 65.6 Å². The second-order valence-electron chi connectivity index (χ2n) is 8.78. The van der Waals surface area contributed by atoms with E-state index in [-0.39, 0.29) is 27.4 Å². The van der Waals surface area contributed by atoms with E-state index in [1.165, 1.54) is 0 Å². The van der Waals surface area contributed by atoms with E-state index in [0.29, 0.717) is 34.3 Å². The molecule has 0 radical (unpaired) electrons. The minimum atomic E-state index is -0.547. The monoisotopic (exact) mass is 595 g/mol. The summed E-state index contributed by atoms with van der Waals surface area (Å²) in [6.07, 6.45) is 1.64. The topological polar surface area (TPSA) is 97.0 Å². The Morgan fingerprint density at radius 2 is 1.73 bits per heavy atom. The van der Waals surface area contributed by atoms with Crippen molar-refractivity contribution in [2.24, 2.45) is 0 Å². The zero-order valence-electron chi connectivity index (χ0n) is 21.9. The molecular formula is C29H26ClN3O5S2. The maximum Gasteiger partial charge on any atom is 0.285 e. The summed E-state index contributed by atoms with van der Waals surface area (Å²) in [6.45, 7) is 5.81. The first-order valence-corrected chi connectivity index (χ1v) is 13.9. The lowest BCUT2D eigenvalue weighted by Crippen LogP contribution is -2.44. The average molecular weight is 596 g/mol. The van der Waals surface area contributed by atoms with Gasteiger partial charge in [-0.3, -0.25) is 19.8 Å². The van der Waals surface area contributed by atoms with E-state index in [1.807, 2.05) is 45.0 Å². The predicted molar refractivity (Wildman–Crippen MR) is 162 cm³/mol. The molecule has 3 aromatic rings. The smallest absolute Gasteiger partial charge is 0.285 e. The normalized spacial score (nSPS) is 13.9. The highest BCUT2D eigenvalue weighted by atomic mass is 35.5. The number of rotatable bonds is 9. The lowest BCUT2D eigenvalue weighted by Gasteiger charge is -2.16. The van der Waals surface area contributed by atoms with Crippen LogP contribution in [0.5, 0.6) is 11.5 Å². The number of halogens is 1. The zero-order valence-corrected chi connectivity index (χ0v) is 24.3. The summed E-state index contributed by atoms with van der Waals surface area (Å²) < 4.78 is 11.6. The highest BCUT2D eigenvalue weighted by molar-refractivity contribution is 8.26. The van der Waals surface area contributed by atoms with Crippen molar-refractivity contribution in [2.45, 2.75) is 20.8 Å². The molecule has 8 nitrogen and oxygen atoms in total. The number of anilines is 1. The van der Waals surface area contributed by atoms with Crippen molar-refractivity contribution in [2.75, 3.05) is 18.5 Å². The second-order valence-corrected chi connectivity index (χ2v) is 10.9. The highest BCUT2D eigenvalue weighted by Crippen LogP contribution is 2.34. The molecule has 0 unspecified atom stereocenters. The number of hydrazine groups is 1. The maximum atomic E-state index is 13.1. The maximum absolute atomic E-state index is 13.1. The summed E-state index contributed by atoms with van der Waals surface area (Å²) in [4.78, 5) is 38.5. The quantitative estimate of drug-likeness (QED) is 0.234. The van der Waals surface area contributed by atoms with E-state index in [4.69, 9.17) is 33.3 Å². The summed E-state index contributed by atoms with van der Waals surface area (Å²) in [5.41, 5.74) is 6.09. The molecule has 0 atom stereocenters. The minimum absolute atomic E-state index is 0.178. The molecule has 0 saturated carbocycles. The first-order valence-electron chi connectivity index (χ1n) is 12.3. The second kappa shape index (κ2) is 13.0. The van der Waals surface area contributed by atoms with Crippen LogP contribution in [0.2, 0.25) is 5.02 Å². The average Bonchev–Trinajstić information content (AvgIpc) is 3.17. The fourth-order valence-corrected chi connectivity index (χ4v) is 5.16. The Morgan fingerprint density at radius 3 is 2.42 bits per heavy atom. The van der Waals surface area contributed by atoms with Crippen molar-refractivity contribution in [1.29, 1.82) is 0 Å². The van der Waals surface area contributed by atoms with Crippen LogP contribution >= 0.6 is 35.6 Å². The molecule has 40 heavy (non-hydrogen) atoms. The van der Waals surface area contributed by atoms with Crippen LogP contribution in [-0.2, 0) is 9.59 Å². The molecule has 1 aliphatic heterocycles. The molecule has 3 aromatic carbocycles. The Balaban J connectivity index is 1.44. The van der Waals surface area contributed by atoms with E-state index < -0.39 is 11.8 Å². The van der Waals surface area contributed by atoms with E-state index in [9.17, 15) is 14.4 Å². The molecule has 1 saturated heterocycles. The minimum Gasteiger partial charge on any atom is -0.490 e. The number of amides is 3. The van der Waals surface area contributed by atoms with Gasteiger partial charge in [-0.05, 0) is 86.6 Å². The number of thiocarbonyl (C=S) groups is 1. The summed E-state index contributed by atoms with van der Waals surface area (Å²) in [7, 11) is 0. The Bertz CT molecular complexity index is 1510. The first kappa shape index (κ1) is 29.1. The molecule has 1 heterocycles. The van der Waals surface area contributed by atoms with Crippen molar-refractivity contribution in [3.63, 3.8) is 0 Å². The van der Waals surface area contributed by atoms with Gasteiger partial charge in [-0.1, -0.05) is 53.2 Å². The van der Waals surface area contributed by atoms with Crippen molar-refractivity contribution in [3.8, 4) is 11.5 Å². The van der Waals surface area contributed by atoms with Crippen LogP contribution in [0, 0.1) is 13.8 Å². The van der Waals surface area contributed by atoms with Crippen molar-refractivity contribution in [1.82, 2.24) is 10.4 Å². The van der Waals surface area contributed by atoms with Gasteiger partial charge >= 0.3 is 0 Å². The number of nitrogens with one attached hydrogen (secondary N) is 2. The number of aryl methyl sites for hydroxylation is 2. The lowest BCUT2D eigenvalue weighted by atomic mass is 10.1. The van der Waals surface area contributed by atoms with Gasteiger partial charge in [-0.15, -0.1) is 0 Å². The van der Waals surface area contributed by atoms with Crippen LogP contribution in [0.1, 0.15) is 34.0 Å². The van der Waals surface area contributed by atoms with Gasteiger partial charge in [0.25, 0.3) is 17.7 Å². The Labute approximate surface area is 246 Å². The van der Waals surface area contributed by atoms with Crippen molar-refractivity contribution < 1.29 is 23.9 Å². The van der Waals surface area contributed by atoms with Gasteiger partial charge in [0, 0.05) is 5.69 Å². The fraction of sp³-hybridized carbons (Fsp3) is 0.172. The van der Waals surface area contributed by atoms with Gasteiger partial charge < -0.3 is 14.8 Å². The van der Waals surface area contributed by atoms with Crippen LogP contribution in [0.25, 0.3) is 6.08 Å². The number of carbonyl (C=O) groups is 3. The summed E-state index contributed by atoms with van der Waals surface area (Å²) in [6, 6.07) is 17.6. The fourth-order valence-electron chi connectivity index (χ4n) is 3.66. The van der Waals surface area contributed by atoms with E-state index in [0.717, 1.165) is 27.9 Å². The number of ether oxygens (including phenoxy) is 2. The molecular weight excluding hydrogens is 570 g/mol. The molecule has 0 aliphatic carbocycles. The van der Waals surface area contributed by atoms with Gasteiger partial charge in [0.15, 0.2) is 22.4 Å². The number of nitrogens with zero attached hydrogens (tertiary/aromatic N) is 1. The standard InChI is InChI=1S/C29H26ClN3O5S2/c1-4-37-24-14-19(8-12-23(24)38-16-26(34)31-20-9-5-17(2)6-10-20)15-25-28(36)33(29(39)40-25)32-27(35)21-11-7-18(3)13-22(21)30/h5-15H,4,16H2,1-3H3,(H,31,34)(H,32,35)/b25-15-. The molecule has 0 bridgehead atoms. The van der Waals surface area contributed by atoms with Gasteiger partial charge in [0.1, 0.15) is 0 Å². The van der Waals surface area contributed by atoms with Crippen molar-refractivity contribution >= 4 is 69.4 Å². The molecule has 1 aliphatic rings. The third kappa shape index (κ3) is 7.20. The Hall–Kier alpha value is -3.86. The van der Waals surface area contributed by atoms with Crippen LogP contribution in [0.3, 0.4) is 0 Å². The third-order valence-electron chi connectivity index (χ3n) is 5.64. The largest absolute Gasteiger partial charge is 0.490 e. The van der Waals surface area contributed by atoms with Gasteiger partial charge in [-0.2, -0.15) is 5.01 Å². The van der Waals surface area contributed by atoms with Crippen LogP contribution in [-0.4, -0.2) is 40.3 Å². The lowest BCUT2D eigenvalue weighted by molar-refractivity contribution is -0.123. The molecule has 1 fully saturated rings.